The van der Waals surface area contributed by atoms with Gasteiger partial charge < -0.3 is 10.5 Å². The molecule has 0 aromatic heterocycles. The Bertz CT molecular complexity index is 135. The third kappa shape index (κ3) is 2.80. The molecule has 1 aliphatic heterocycles. The van der Waals surface area contributed by atoms with Crippen molar-refractivity contribution in [2.45, 2.75) is 31.2 Å². The van der Waals surface area contributed by atoms with Crippen LogP contribution < -0.4 is 5.73 Å². The molecule has 1 heterocycles. The Morgan fingerprint density at radius 3 is 2.33 bits per heavy atom. The maximum absolute atomic E-state index is 11.9. The van der Waals surface area contributed by atoms with Crippen molar-refractivity contribution in [1.29, 1.82) is 0 Å². The van der Waals surface area contributed by atoms with E-state index in [1.807, 2.05) is 0 Å². The first-order valence-corrected chi connectivity index (χ1v) is 3.45. The normalized spacial score (nSPS) is 26.5. The van der Waals surface area contributed by atoms with Crippen molar-refractivity contribution < 1.29 is 17.9 Å². The predicted molar refractivity (Wildman–Crippen MR) is 40.3 cm³/mol. The van der Waals surface area contributed by atoms with Crippen LogP contribution in [0.4, 0.5) is 13.2 Å². The first-order valence-electron chi connectivity index (χ1n) is 3.45. The van der Waals surface area contributed by atoms with Crippen LogP contribution in [0.5, 0.6) is 0 Å². The Hall–Kier alpha value is -0.0000000000000000555. The van der Waals surface area contributed by atoms with Crippen LogP contribution in [0, 0.1) is 0 Å². The van der Waals surface area contributed by atoms with E-state index in [9.17, 15) is 13.2 Å². The van der Waals surface area contributed by atoms with Gasteiger partial charge in [0.25, 0.3) is 0 Å². The van der Waals surface area contributed by atoms with Crippen LogP contribution >= 0.6 is 12.4 Å². The summed E-state index contributed by atoms with van der Waals surface area (Å²) in [6.45, 7) is 0.397. The average Bonchev–Trinajstić information content (AvgIpc) is 2.34. The van der Waals surface area contributed by atoms with E-state index < -0.39 is 18.3 Å². The van der Waals surface area contributed by atoms with Gasteiger partial charge >= 0.3 is 6.18 Å². The molecule has 6 heteroatoms. The van der Waals surface area contributed by atoms with Gasteiger partial charge in [-0.15, -0.1) is 12.4 Å². The molecule has 0 radical (unpaired) electrons. The molecular weight excluding hydrogens is 195 g/mol. The molecule has 0 spiro atoms. The number of halogens is 4. The number of rotatable bonds is 1. The lowest BCUT2D eigenvalue weighted by molar-refractivity contribution is -0.170. The summed E-state index contributed by atoms with van der Waals surface area (Å²) in [5, 5.41) is 0. The molecule has 12 heavy (non-hydrogen) atoms. The molecule has 0 aromatic rings. The van der Waals surface area contributed by atoms with E-state index in [1.54, 1.807) is 0 Å². The highest BCUT2D eigenvalue weighted by molar-refractivity contribution is 5.85. The fraction of sp³-hybridized carbons (Fsp3) is 1.00. The van der Waals surface area contributed by atoms with Crippen LogP contribution in [0.15, 0.2) is 0 Å². The zero-order valence-electron chi connectivity index (χ0n) is 6.30. The number of hydrogen-bond acceptors (Lipinski definition) is 2. The quantitative estimate of drug-likeness (QED) is 0.704. The van der Waals surface area contributed by atoms with E-state index in [2.05, 4.69) is 0 Å². The third-order valence-electron chi connectivity index (χ3n) is 1.74. The van der Waals surface area contributed by atoms with Gasteiger partial charge in [-0.05, 0) is 12.8 Å². The third-order valence-corrected chi connectivity index (χ3v) is 1.74. The Morgan fingerprint density at radius 2 is 2.00 bits per heavy atom. The SMILES string of the molecule is Cl.N[C@H](C1CCCO1)C(F)(F)F. The van der Waals surface area contributed by atoms with Crippen LogP contribution in [-0.4, -0.2) is 24.9 Å². The molecule has 1 fully saturated rings. The molecular formula is C6H11ClF3NO. The first kappa shape index (κ1) is 12.0. The molecule has 0 saturated carbocycles. The lowest BCUT2D eigenvalue weighted by Crippen LogP contribution is -2.46. The van der Waals surface area contributed by atoms with Gasteiger partial charge in [0, 0.05) is 6.61 Å². The van der Waals surface area contributed by atoms with Gasteiger partial charge in [0.1, 0.15) is 6.04 Å². The highest BCUT2D eigenvalue weighted by Gasteiger charge is 2.43. The van der Waals surface area contributed by atoms with Crippen molar-refractivity contribution in [3.05, 3.63) is 0 Å². The lowest BCUT2D eigenvalue weighted by Gasteiger charge is -2.20. The van der Waals surface area contributed by atoms with Crippen molar-refractivity contribution in [3.63, 3.8) is 0 Å². The summed E-state index contributed by atoms with van der Waals surface area (Å²) >= 11 is 0. The first-order chi connectivity index (χ1) is 5.02. The Balaban J connectivity index is 0.00000121. The fourth-order valence-electron chi connectivity index (χ4n) is 1.10. The zero-order chi connectivity index (χ0) is 8.48. The number of alkyl halides is 3. The number of ether oxygens (including phenoxy) is 1. The second kappa shape index (κ2) is 4.30. The van der Waals surface area contributed by atoms with E-state index in [0.717, 1.165) is 0 Å². The average molecular weight is 206 g/mol. The van der Waals surface area contributed by atoms with Gasteiger partial charge in [0.05, 0.1) is 6.10 Å². The van der Waals surface area contributed by atoms with Crippen molar-refractivity contribution >= 4 is 12.4 Å². The molecule has 0 bridgehead atoms. The topological polar surface area (TPSA) is 35.2 Å². The van der Waals surface area contributed by atoms with E-state index in [-0.39, 0.29) is 12.4 Å². The van der Waals surface area contributed by atoms with Gasteiger partial charge in [-0.25, -0.2) is 0 Å². The molecule has 74 valence electrons. The smallest absolute Gasteiger partial charge is 0.376 e. The van der Waals surface area contributed by atoms with Crippen molar-refractivity contribution in [1.82, 2.24) is 0 Å². The summed E-state index contributed by atoms with van der Waals surface area (Å²) in [4.78, 5) is 0. The number of nitrogens with two attached hydrogens (primary N) is 1. The molecule has 0 aromatic carbocycles. The second-order valence-electron chi connectivity index (χ2n) is 2.62. The Morgan fingerprint density at radius 1 is 1.42 bits per heavy atom. The summed E-state index contributed by atoms with van der Waals surface area (Å²) in [6.07, 6.45) is -4.06. The number of hydrogen-bond donors (Lipinski definition) is 1. The summed E-state index contributed by atoms with van der Waals surface area (Å²) in [5.41, 5.74) is 4.91. The second-order valence-corrected chi connectivity index (χ2v) is 2.62. The summed E-state index contributed by atoms with van der Waals surface area (Å²) in [6, 6.07) is -1.81. The molecule has 2 nitrogen and oxygen atoms in total. The van der Waals surface area contributed by atoms with Crippen LogP contribution in [0.3, 0.4) is 0 Å². The van der Waals surface area contributed by atoms with E-state index >= 15 is 0 Å². The van der Waals surface area contributed by atoms with Crippen LogP contribution in [-0.2, 0) is 4.74 Å². The minimum atomic E-state index is -4.32. The van der Waals surface area contributed by atoms with Gasteiger partial charge in [-0.1, -0.05) is 0 Å². The van der Waals surface area contributed by atoms with Gasteiger partial charge in [0.2, 0.25) is 0 Å². The Labute approximate surface area is 74.7 Å². The maximum Gasteiger partial charge on any atom is 0.406 e. The monoisotopic (exact) mass is 205 g/mol. The molecule has 1 unspecified atom stereocenters. The molecule has 1 rings (SSSR count). The lowest BCUT2D eigenvalue weighted by atomic mass is 10.1. The van der Waals surface area contributed by atoms with Gasteiger partial charge in [0.15, 0.2) is 0 Å². The fourth-order valence-corrected chi connectivity index (χ4v) is 1.10. The van der Waals surface area contributed by atoms with Crippen molar-refractivity contribution in [2.24, 2.45) is 5.73 Å². The predicted octanol–water partition coefficient (Wildman–Crippen LogP) is 1.48. The van der Waals surface area contributed by atoms with Crippen LogP contribution in [0.25, 0.3) is 0 Å². The molecule has 1 aliphatic rings. The standard InChI is InChI=1S/C6H10F3NO.ClH/c7-6(8,9)5(10)4-2-1-3-11-4;/h4-5H,1-3,10H2;1H/t4?,5-;/m1./s1. The molecule has 0 amide bonds. The minimum absolute atomic E-state index is 0. The van der Waals surface area contributed by atoms with E-state index in [0.29, 0.717) is 19.4 Å². The molecule has 2 atom stereocenters. The highest BCUT2D eigenvalue weighted by Crippen LogP contribution is 2.26. The molecule has 0 aliphatic carbocycles. The highest BCUT2D eigenvalue weighted by atomic mass is 35.5. The van der Waals surface area contributed by atoms with Gasteiger partial charge in [-0.3, -0.25) is 0 Å². The summed E-state index contributed by atoms with van der Waals surface area (Å²) < 4.78 is 40.5. The molecule has 2 N–H and O–H groups in total. The van der Waals surface area contributed by atoms with Gasteiger partial charge in [-0.2, -0.15) is 13.2 Å². The summed E-state index contributed by atoms with van der Waals surface area (Å²) in [7, 11) is 0. The van der Waals surface area contributed by atoms with E-state index in [4.69, 9.17) is 10.5 Å². The van der Waals surface area contributed by atoms with E-state index in [1.165, 1.54) is 0 Å². The largest absolute Gasteiger partial charge is 0.406 e. The zero-order valence-corrected chi connectivity index (χ0v) is 7.12. The van der Waals surface area contributed by atoms with Crippen molar-refractivity contribution in [2.75, 3.05) is 6.61 Å². The van der Waals surface area contributed by atoms with Crippen LogP contribution in [0.2, 0.25) is 0 Å². The Kier molecular flexibility index (Phi) is 4.30. The van der Waals surface area contributed by atoms with Crippen molar-refractivity contribution in [3.8, 4) is 0 Å². The van der Waals surface area contributed by atoms with Crippen LogP contribution in [0.1, 0.15) is 12.8 Å². The molecule has 1 saturated heterocycles. The maximum atomic E-state index is 11.9. The minimum Gasteiger partial charge on any atom is -0.376 e. The summed E-state index contributed by atoms with van der Waals surface area (Å²) in [5.74, 6) is 0.